The molecule has 0 radical (unpaired) electrons. The number of amides is 1. The van der Waals surface area contributed by atoms with Crippen LogP contribution in [-0.4, -0.2) is 13.0 Å². The fourth-order valence-corrected chi connectivity index (χ4v) is 2.69. The Balaban J connectivity index is 1.64. The maximum Gasteiger partial charge on any atom is 0.291 e. The largest absolute Gasteiger partial charge is 0.497 e. The summed E-state index contributed by atoms with van der Waals surface area (Å²) in [5, 5.41) is 3.30. The average Bonchev–Trinajstić information content (AvgIpc) is 3.10. The van der Waals surface area contributed by atoms with Crippen LogP contribution < -0.4 is 14.8 Å². The summed E-state index contributed by atoms with van der Waals surface area (Å²) in [6, 6.07) is 15.9. The van der Waals surface area contributed by atoms with E-state index in [4.69, 9.17) is 25.5 Å². The fraction of sp³-hybridized carbons (Fsp3) is 0.150. The van der Waals surface area contributed by atoms with Crippen LogP contribution in [0.2, 0.25) is 5.02 Å². The van der Waals surface area contributed by atoms with Crippen LogP contribution in [-0.2, 0) is 6.61 Å². The van der Waals surface area contributed by atoms with E-state index in [0.717, 1.165) is 5.56 Å². The lowest BCUT2D eigenvalue weighted by Crippen LogP contribution is -2.10. The van der Waals surface area contributed by atoms with E-state index in [1.165, 1.54) is 0 Å². The Morgan fingerprint density at radius 1 is 1.15 bits per heavy atom. The Morgan fingerprint density at radius 3 is 2.73 bits per heavy atom. The molecule has 1 heterocycles. The number of nitrogens with one attached hydrogen (secondary N) is 1. The average molecular weight is 372 g/mol. The minimum Gasteiger partial charge on any atom is -0.497 e. The first-order valence-corrected chi connectivity index (χ1v) is 8.36. The molecule has 1 N–H and O–H groups in total. The molecule has 2 aromatic carbocycles. The van der Waals surface area contributed by atoms with Gasteiger partial charge in [-0.3, -0.25) is 4.79 Å². The van der Waals surface area contributed by atoms with E-state index in [1.807, 2.05) is 19.1 Å². The number of anilines is 1. The van der Waals surface area contributed by atoms with Crippen molar-refractivity contribution in [3.8, 4) is 11.5 Å². The van der Waals surface area contributed by atoms with Gasteiger partial charge < -0.3 is 19.2 Å². The van der Waals surface area contributed by atoms with Crippen LogP contribution in [0.4, 0.5) is 5.69 Å². The van der Waals surface area contributed by atoms with Gasteiger partial charge in [-0.1, -0.05) is 29.8 Å². The highest BCUT2D eigenvalue weighted by Gasteiger charge is 2.13. The predicted octanol–water partition coefficient (Wildman–Crippen LogP) is 5.08. The Labute approximate surface area is 156 Å². The first-order valence-electron chi connectivity index (χ1n) is 7.99. The van der Waals surface area contributed by atoms with E-state index in [2.05, 4.69) is 5.32 Å². The fourth-order valence-electron chi connectivity index (χ4n) is 2.41. The minimum atomic E-state index is -0.349. The molecule has 0 fully saturated rings. The Kier molecular flexibility index (Phi) is 5.49. The molecule has 3 rings (SSSR count). The SMILES string of the molecule is COc1cccc(NC(=O)c2ccc(COc3c(C)cccc3Cl)o2)c1. The molecule has 0 aliphatic rings. The summed E-state index contributed by atoms with van der Waals surface area (Å²) in [5.41, 5.74) is 1.55. The van der Waals surface area contributed by atoms with Gasteiger partial charge in [0.1, 0.15) is 23.9 Å². The van der Waals surface area contributed by atoms with Crippen molar-refractivity contribution in [2.45, 2.75) is 13.5 Å². The number of methoxy groups -OCH3 is 1. The van der Waals surface area contributed by atoms with Crippen LogP contribution in [0.25, 0.3) is 0 Å². The van der Waals surface area contributed by atoms with E-state index in [1.54, 1.807) is 49.6 Å². The van der Waals surface area contributed by atoms with Crippen molar-refractivity contribution in [2.75, 3.05) is 12.4 Å². The number of ether oxygens (including phenoxy) is 2. The van der Waals surface area contributed by atoms with Gasteiger partial charge in [0.05, 0.1) is 12.1 Å². The number of hydrogen-bond acceptors (Lipinski definition) is 4. The highest BCUT2D eigenvalue weighted by molar-refractivity contribution is 6.32. The van der Waals surface area contributed by atoms with Gasteiger partial charge in [-0.2, -0.15) is 0 Å². The molecular formula is C20H18ClNO4. The van der Waals surface area contributed by atoms with Crippen LogP contribution >= 0.6 is 11.6 Å². The zero-order valence-electron chi connectivity index (χ0n) is 14.4. The Morgan fingerprint density at radius 2 is 1.96 bits per heavy atom. The van der Waals surface area contributed by atoms with Gasteiger partial charge in [0.15, 0.2) is 5.76 Å². The molecule has 0 saturated carbocycles. The molecule has 0 spiro atoms. The van der Waals surface area contributed by atoms with Gasteiger partial charge in [0.2, 0.25) is 0 Å². The Hall–Kier alpha value is -2.92. The van der Waals surface area contributed by atoms with Gasteiger partial charge in [-0.05, 0) is 42.8 Å². The summed E-state index contributed by atoms with van der Waals surface area (Å²) in [4.78, 5) is 12.3. The zero-order chi connectivity index (χ0) is 18.5. The van der Waals surface area contributed by atoms with Crippen LogP contribution in [0.5, 0.6) is 11.5 Å². The van der Waals surface area contributed by atoms with E-state index < -0.39 is 0 Å². The molecule has 0 saturated heterocycles. The normalized spacial score (nSPS) is 10.4. The van der Waals surface area contributed by atoms with Crippen LogP contribution in [0.1, 0.15) is 21.9 Å². The minimum absolute atomic E-state index is 0.178. The maximum absolute atomic E-state index is 12.3. The summed E-state index contributed by atoms with van der Waals surface area (Å²) >= 11 is 6.14. The molecule has 1 aromatic heterocycles. The van der Waals surface area contributed by atoms with Gasteiger partial charge in [-0.15, -0.1) is 0 Å². The standard InChI is InChI=1S/C20H18ClNO4/c1-13-5-3-8-17(21)19(13)25-12-16-9-10-18(26-16)20(23)22-14-6-4-7-15(11-14)24-2/h3-11H,12H2,1-2H3,(H,22,23). The molecule has 0 unspecified atom stereocenters. The number of carbonyl (C=O) groups is 1. The Bertz CT molecular complexity index is 899. The molecule has 0 bridgehead atoms. The van der Waals surface area contributed by atoms with Crippen LogP contribution in [0.15, 0.2) is 59.0 Å². The lowest BCUT2D eigenvalue weighted by atomic mass is 10.2. The molecule has 1 amide bonds. The van der Waals surface area contributed by atoms with E-state index in [0.29, 0.717) is 28.0 Å². The number of rotatable bonds is 6. The number of halogens is 1. The number of para-hydroxylation sites is 1. The van der Waals surface area contributed by atoms with Crippen molar-refractivity contribution in [3.05, 3.63) is 76.7 Å². The van der Waals surface area contributed by atoms with Gasteiger partial charge in [0.25, 0.3) is 5.91 Å². The summed E-state index contributed by atoms with van der Waals surface area (Å²) in [6.45, 7) is 2.09. The summed E-state index contributed by atoms with van der Waals surface area (Å²) in [6.07, 6.45) is 0. The number of benzene rings is 2. The predicted molar refractivity (Wildman–Crippen MR) is 100 cm³/mol. The van der Waals surface area contributed by atoms with Gasteiger partial charge in [-0.25, -0.2) is 0 Å². The highest BCUT2D eigenvalue weighted by Crippen LogP contribution is 2.29. The van der Waals surface area contributed by atoms with Crippen LogP contribution in [0.3, 0.4) is 0 Å². The number of carbonyl (C=O) groups excluding carboxylic acids is 1. The van der Waals surface area contributed by atoms with Crippen molar-refractivity contribution >= 4 is 23.2 Å². The zero-order valence-corrected chi connectivity index (χ0v) is 15.2. The quantitative estimate of drug-likeness (QED) is 0.656. The molecule has 134 valence electrons. The summed E-state index contributed by atoms with van der Waals surface area (Å²) in [5.74, 6) is 1.64. The maximum atomic E-state index is 12.3. The highest BCUT2D eigenvalue weighted by atomic mass is 35.5. The monoisotopic (exact) mass is 371 g/mol. The smallest absolute Gasteiger partial charge is 0.291 e. The summed E-state index contributed by atoms with van der Waals surface area (Å²) < 4.78 is 16.4. The van der Waals surface area contributed by atoms with E-state index in [9.17, 15) is 4.79 Å². The lowest BCUT2D eigenvalue weighted by molar-refractivity contribution is 0.0992. The first kappa shape index (κ1) is 17.9. The second-order valence-corrected chi connectivity index (χ2v) is 6.03. The third kappa shape index (κ3) is 4.18. The molecular weight excluding hydrogens is 354 g/mol. The molecule has 5 nitrogen and oxygen atoms in total. The van der Waals surface area contributed by atoms with Crippen molar-refractivity contribution in [3.63, 3.8) is 0 Å². The molecule has 0 aliphatic heterocycles. The van der Waals surface area contributed by atoms with Crippen LogP contribution in [0, 0.1) is 6.92 Å². The third-order valence-electron chi connectivity index (χ3n) is 3.74. The molecule has 0 atom stereocenters. The number of furan rings is 1. The third-order valence-corrected chi connectivity index (χ3v) is 4.03. The van der Waals surface area contributed by atoms with Crippen molar-refractivity contribution in [1.82, 2.24) is 0 Å². The van der Waals surface area contributed by atoms with Gasteiger partial charge >= 0.3 is 0 Å². The molecule has 26 heavy (non-hydrogen) atoms. The second kappa shape index (κ2) is 7.97. The van der Waals surface area contributed by atoms with Crippen molar-refractivity contribution in [1.29, 1.82) is 0 Å². The lowest BCUT2D eigenvalue weighted by Gasteiger charge is -2.09. The number of hydrogen-bond donors (Lipinski definition) is 1. The topological polar surface area (TPSA) is 60.7 Å². The molecule has 0 aliphatic carbocycles. The second-order valence-electron chi connectivity index (χ2n) is 5.63. The van der Waals surface area contributed by atoms with Gasteiger partial charge in [0, 0.05) is 11.8 Å². The van der Waals surface area contributed by atoms with Crippen molar-refractivity contribution < 1.29 is 18.7 Å². The first-order chi connectivity index (χ1) is 12.6. The number of aryl methyl sites for hydroxylation is 1. The van der Waals surface area contributed by atoms with E-state index >= 15 is 0 Å². The molecule has 6 heteroatoms. The molecule has 3 aromatic rings. The van der Waals surface area contributed by atoms with E-state index in [-0.39, 0.29) is 18.3 Å². The van der Waals surface area contributed by atoms with Crippen molar-refractivity contribution in [2.24, 2.45) is 0 Å². The summed E-state index contributed by atoms with van der Waals surface area (Å²) in [7, 11) is 1.57.